The first-order valence-corrected chi connectivity index (χ1v) is 13.2. The van der Waals surface area contributed by atoms with Crippen LogP contribution in [0.2, 0.25) is 0 Å². The minimum Gasteiger partial charge on any atom is -0.378 e. The van der Waals surface area contributed by atoms with Gasteiger partial charge in [-0.2, -0.15) is 0 Å². The van der Waals surface area contributed by atoms with E-state index >= 15 is 0 Å². The highest BCUT2D eigenvalue weighted by Crippen LogP contribution is 2.45. The summed E-state index contributed by atoms with van der Waals surface area (Å²) in [7, 11) is 0.385. The van der Waals surface area contributed by atoms with Crippen molar-refractivity contribution in [3.63, 3.8) is 0 Å². The predicted molar refractivity (Wildman–Crippen MR) is 148 cm³/mol. The number of rotatable bonds is 7. The average Bonchev–Trinajstić information content (AvgIpc) is 2.87. The van der Waals surface area contributed by atoms with Gasteiger partial charge in [0.05, 0.1) is 5.56 Å². The normalized spacial score (nSPS) is 12.5. The molecule has 0 aliphatic rings. The van der Waals surface area contributed by atoms with Crippen molar-refractivity contribution in [1.82, 2.24) is 0 Å². The Bertz CT molecular complexity index is 1370. The highest BCUT2D eigenvalue weighted by atomic mass is 31.2. The minimum absolute atomic E-state index is 0.311. The van der Waals surface area contributed by atoms with E-state index in [1.54, 1.807) is 12.1 Å². The summed E-state index contributed by atoms with van der Waals surface area (Å²) >= 11 is 0. The SMILES string of the molecule is Cc1ccc(NC(=O)c2cc(N(C)C)ccc2P(=O)(Nc2ccc(C)cc2)c2ccccc2)cc1. The number of anilines is 3. The van der Waals surface area contributed by atoms with Crippen LogP contribution in [0.15, 0.2) is 97.1 Å². The molecule has 0 spiro atoms. The second-order valence-corrected chi connectivity index (χ2v) is 11.3. The topological polar surface area (TPSA) is 61.4 Å². The molecule has 4 aromatic rings. The van der Waals surface area contributed by atoms with E-state index in [2.05, 4.69) is 10.4 Å². The predicted octanol–water partition coefficient (Wildman–Crippen LogP) is 5.96. The lowest BCUT2D eigenvalue weighted by Gasteiger charge is -2.25. The maximum atomic E-state index is 14.9. The van der Waals surface area contributed by atoms with Gasteiger partial charge in [0, 0.05) is 41.8 Å². The molecule has 1 atom stereocenters. The number of carbonyl (C=O) groups is 1. The fourth-order valence-corrected chi connectivity index (χ4v) is 6.23. The number of amides is 1. The van der Waals surface area contributed by atoms with Gasteiger partial charge in [-0.25, -0.2) is 0 Å². The van der Waals surface area contributed by atoms with Crippen LogP contribution in [0.5, 0.6) is 0 Å². The van der Waals surface area contributed by atoms with E-state index in [9.17, 15) is 9.36 Å². The zero-order valence-corrected chi connectivity index (χ0v) is 21.3. The standard InChI is InChI=1S/C29H30N3O2P/c1-21-10-14-23(15-11-21)30-29(33)27-20-25(32(3)4)18-19-28(27)35(34,26-8-6-5-7-9-26)31-24-16-12-22(2)13-17-24/h5-20H,1-4H3,(H,30,33)(H,31,34). The van der Waals surface area contributed by atoms with Gasteiger partial charge in [0.2, 0.25) is 7.29 Å². The van der Waals surface area contributed by atoms with Gasteiger partial charge in [0.25, 0.3) is 5.91 Å². The number of hydrogen-bond acceptors (Lipinski definition) is 3. The summed E-state index contributed by atoms with van der Waals surface area (Å²) in [4.78, 5) is 15.5. The molecular formula is C29H30N3O2P. The third-order valence-electron chi connectivity index (χ3n) is 5.85. The molecule has 1 unspecified atom stereocenters. The van der Waals surface area contributed by atoms with Gasteiger partial charge in [-0.15, -0.1) is 0 Å². The van der Waals surface area contributed by atoms with Crippen molar-refractivity contribution in [3.8, 4) is 0 Å². The van der Waals surface area contributed by atoms with Crippen LogP contribution in [-0.4, -0.2) is 20.0 Å². The number of carbonyl (C=O) groups excluding carboxylic acids is 1. The molecule has 0 radical (unpaired) electrons. The van der Waals surface area contributed by atoms with Crippen LogP contribution in [0, 0.1) is 13.8 Å². The summed E-state index contributed by atoms with van der Waals surface area (Å²) in [5.74, 6) is -0.311. The van der Waals surface area contributed by atoms with Crippen molar-refractivity contribution in [2.45, 2.75) is 13.8 Å². The Balaban J connectivity index is 1.86. The Hall–Kier alpha value is -3.82. The minimum atomic E-state index is -3.44. The van der Waals surface area contributed by atoms with Crippen LogP contribution in [-0.2, 0) is 4.57 Å². The second kappa shape index (κ2) is 10.2. The van der Waals surface area contributed by atoms with Gasteiger partial charge < -0.3 is 15.3 Å². The monoisotopic (exact) mass is 483 g/mol. The van der Waals surface area contributed by atoms with E-state index in [4.69, 9.17) is 0 Å². The Morgan fingerprint density at radius 3 is 1.89 bits per heavy atom. The van der Waals surface area contributed by atoms with Crippen LogP contribution in [0.3, 0.4) is 0 Å². The summed E-state index contributed by atoms with van der Waals surface area (Å²) in [5.41, 5.74) is 4.83. The van der Waals surface area contributed by atoms with Gasteiger partial charge in [0.15, 0.2) is 0 Å². The molecule has 0 saturated carbocycles. The number of hydrogen-bond donors (Lipinski definition) is 2. The molecule has 4 rings (SSSR count). The molecule has 0 saturated heterocycles. The van der Waals surface area contributed by atoms with E-state index in [0.29, 0.717) is 21.9 Å². The molecule has 6 heteroatoms. The van der Waals surface area contributed by atoms with Crippen molar-refractivity contribution >= 4 is 40.9 Å². The highest BCUT2D eigenvalue weighted by Gasteiger charge is 2.32. The fraction of sp³-hybridized carbons (Fsp3) is 0.138. The lowest BCUT2D eigenvalue weighted by molar-refractivity contribution is 0.102. The van der Waals surface area contributed by atoms with Crippen LogP contribution in [0.1, 0.15) is 21.5 Å². The van der Waals surface area contributed by atoms with Crippen molar-refractivity contribution in [1.29, 1.82) is 0 Å². The van der Waals surface area contributed by atoms with Gasteiger partial charge in [-0.05, 0) is 68.4 Å². The molecule has 0 fully saturated rings. The fourth-order valence-electron chi connectivity index (χ4n) is 3.81. The molecule has 35 heavy (non-hydrogen) atoms. The summed E-state index contributed by atoms with van der Waals surface area (Å²) in [5, 5.41) is 7.36. The zero-order valence-electron chi connectivity index (χ0n) is 20.4. The summed E-state index contributed by atoms with van der Waals surface area (Å²) < 4.78 is 14.9. The zero-order chi connectivity index (χ0) is 25.0. The van der Waals surface area contributed by atoms with E-state index in [1.165, 1.54) is 0 Å². The molecule has 0 bridgehead atoms. The van der Waals surface area contributed by atoms with Crippen molar-refractivity contribution in [2.24, 2.45) is 0 Å². The first kappa shape index (κ1) is 24.3. The molecule has 5 nitrogen and oxygen atoms in total. The van der Waals surface area contributed by atoms with Crippen LogP contribution in [0.25, 0.3) is 0 Å². The molecule has 1 amide bonds. The third kappa shape index (κ3) is 5.47. The molecule has 0 aliphatic heterocycles. The Morgan fingerprint density at radius 1 is 0.743 bits per heavy atom. The molecule has 0 heterocycles. The summed E-state index contributed by atoms with van der Waals surface area (Å²) in [6.45, 7) is 4.01. The Kier molecular flexibility index (Phi) is 7.09. The number of nitrogens with one attached hydrogen (secondary N) is 2. The molecule has 4 aromatic carbocycles. The maximum Gasteiger partial charge on any atom is 0.256 e. The van der Waals surface area contributed by atoms with Crippen molar-refractivity contribution < 1.29 is 9.36 Å². The summed E-state index contributed by atoms with van der Waals surface area (Å²) in [6.07, 6.45) is 0. The van der Waals surface area contributed by atoms with Gasteiger partial charge in [-0.3, -0.25) is 9.36 Å². The van der Waals surface area contributed by atoms with E-state index < -0.39 is 7.29 Å². The van der Waals surface area contributed by atoms with Gasteiger partial charge >= 0.3 is 0 Å². The van der Waals surface area contributed by atoms with Crippen molar-refractivity contribution in [3.05, 3.63) is 114 Å². The van der Waals surface area contributed by atoms with Crippen LogP contribution in [0.4, 0.5) is 17.1 Å². The average molecular weight is 484 g/mol. The van der Waals surface area contributed by atoms with Gasteiger partial charge in [-0.1, -0.05) is 53.6 Å². The van der Waals surface area contributed by atoms with Gasteiger partial charge in [0.1, 0.15) is 0 Å². The lowest BCUT2D eigenvalue weighted by atomic mass is 10.1. The van der Waals surface area contributed by atoms with Crippen LogP contribution < -0.4 is 25.9 Å². The number of benzene rings is 4. The van der Waals surface area contributed by atoms with Crippen molar-refractivity contribution in [2.75, 3.05) is 29.4 Å². The maximum absolute atomic E-state index is 14.9. The molecule has 0 aliphatic carbocycles. The first-order chi connectivity index (χ1) is 16.8. The van der Waals surface area contributed by atoms with Crippen LogP contribution >= 0.6 is 7.29 Å². The molecule has 0 aromatic heterocycles. The first-order valence-electron chi connectivity index (χ1n) is 11.5. The Morgan fingerprint density at radius 2 is 1.31 bits per heavy atom. The Labute approximate surface area is 207 Å². The highest BCUT2D eigenvalue weighted by molar-refractivity contribution is 7.80. The lowest BCUT2D eigenvalue weighted by Crippen LogP contribution is -2.29. The largest absolute Gasteiger partial charge is 0.378 e. The molecule has 178 valence electrons. The van der Waals surface area contributed by atoms with E-state index in [-0.39, 0.29) is 5.91 Å². The molecule has 2 N–H and O–H groups in total. The molecular weight excluding hydrogens is 453 g/mol. The quantitative estimate of drug-likeness (QED) is 0.318. The number of nitrogens with zero attached hydrogens (tertiary/aromatic N) is 1. The smallest absolute Gasteiger partial charge is 0.256 e. The van der Waals surface area contributed by atoms with E-state index in [0.717, 1.165) is 22.5 Å². The van der Waals surface area contributed by atoms with E-state index in [1.807, 2.05) is 118 Å². The summed E-state index contributed by atoms with van der Waals surface area (Å²) in [6, 6.07) is 30.1. The second-order valence-electron chi connectivity index (χ2n) is 8.84. The third-order valence-corrected chi connectivity index (χ3v) is 8.51. The number of aryl methyl sites for hydroxylation is 2.